The molecule has 0 atom stereocenters. The maximum absolute atomic E-state index is 11.1. The molecule has 0 saturated carbocycles. The van der Waals surface area contributed by atoms with Crippen LogP contribution >= 0.6 is 0 Å². The Morgan fingerprint density at radius 2 is 1.92 bits per heavy atom. The molecule has 126 valence electrons. The zero-order valence-electron chi connectivity index (χ0n) is 13.0. The monoisotopic (exact) mass is 340 g/mol. The van der Waals surface area contributed by atoms with Crippen molar-refractivity contribution in [1.82, 2.24) is 9.72 Å². The van der Waals surface area contributed by atoms with Crippen molar-refractivity contribution >= 4 is 23.5 Å². The minimum Gasteiger partial charge on any atom is -0.349 e. The fourth-order valence-corrected chi connectivity index (χ4v) is 2.40. The van der Waals surface area contributed by atoms with Crippen molar-refractivity contribution in [2.75, 3.05) is 0 Å². The largest absolute Gasteiger partial charge is 0.349 e. The minimum atomic E-state index is -0.550. The van der Waals surface area contributed by atoms with Crippen molar-refractivity contribution in [3.63, 3.8) is 0 Å². The van der Waals surface area contributed by atoms with E-state index in [4.69, 9.17) is 4.52 Å². The third kappa shape index (κ3) is 3.15. The molecule has 25 heavy (non-hydrogen) atoms. The first-order chi connectivity index (χ1) is 12.0. The van der Waals surface area contributed by atoms with E-state index in [2.05, 4.69) is 5.16 Å². The molecule has 0 amide bonds. The van der Waals surface area contributed by atoms with E-state index in [0.29, 0.717) is 11.4 Å². The Morgan fingerprint density at radius 1 is 1.12 bits per heavy atom. The van der Waals surface area contributed by atoms with Gasteiger partial charge >= 0.3 is 5.69 Å². The van der Waals surface area contributed by atoms with Crippen molar-refractivity contribution in [2.24, 2.45) is 0 Å². The molecule has 0 aliphatic carbocycles. The van der Waals surface area contributed by atoms with Crippen LogP contribution in [0.1, 0.15) is 17.1 Å². The Balaban J connectivity index is 1.97. The summed E-state index contributed by atoms with van der Waals surface area (Å²) >= 11 is 0. The zero-order chi connectivity index (χ0) is 18.0. The molecule has 0 aliphatic rings. The molecule has 2 heterocycles. The number of non-ortho nitro benzene ring substituents is 1. The van der Waals surface area contributed by atoms with E-state index in [0.717, 1.165) is 0 Å². The molecular weight excluding hydrogens is 328 g/mol. The van der Waals surface area contributed by atoms with Gasteiger partial charge in [-0.1, -0.05) is 11.2 Å². The summed E-state index contributed by atoms with van der Waals surface area (Å²) in [7, 11) is 0. The van der Waals surface area contributed by atoms with Gasteiger partial charge in [0.1, 0.15) is 0 Å². The molecular formula is C16H12N4O5. The van der Waals surface area contributed by atoms with E-state index < -0.39 is 9.85 Å². The number of aryl methyl sites for hydroxylation is 1. The van der Waals surface area contributed by atoms with Crippen LogP contribution < -0.4 is 0 Å². The van der Waals surface area contributed by atoms with E-state index in [1.807, 2.05) is 0 Å². The molecule has 3 rings (SSSR count). The zero-order valence-corrected chi connectivity index (χ0v) is 13.0. The fourth-order valence-electron chi connectivity index (χ4n) is 2.40. The van der Waals surface area contributed by atoms with E-state index in [1.165, 1.54) is 25.1 Å². The second kappa shape index (κ2) is 6.40. The Bertz CT molecular complexity index is 986. The van der Waals surface area contributed by atoms with Crippen LogP contribution in [0.25, 0.3) is 17.8 Å². The van der Waals surface area contributed by atoms with Gasteiger partial charge < -0.3 is 9.09 Å². The van der Waals surface area contributed by atoms with Crippen molar-refractivity contribution in [3.8, 4) is 5.69 Å². The van der Waals surface area contributed by atoms with Gasteiger partial charge in [0, 0.05) is 24.0 Å². The third-order valence-electron chi connectivity index (χ3n) is 3.54. The van der Waals surface area contributed by atoms with Crippen molar-refractivity contribution in [2.45, 2.75) is 6.92 Å². The Labute approximate surface area is 141 Å². The maximum atomic E-state index is 11.1. The number of aromatic nitrogens is 2. The number of hydrogen-bond acceptors (Lipinski definition) is 6. The third-order valence-corrected chi connectivity index (χ3v) is 3.54. The summed E-state index contributed by atoms with van der Waals surface area (Å²) in [6.45, 7) is 1.49. The van der Waals surface area contributed by atoms with Crippen LogP contribution in [0.3, 0.4) is 0 Å². The maximum Gasteiger partial charge on any atom is 0.338 e. The summed E-state index contributed by atoms with van der Waals surface area (Å²) in [5, 5.41) is 25.6. The summed E-state index contributed by atoms with van der Waals surface area (Å²) < 4.78 is 6.69. The molecule has 0 saturated heterocycles. The molecule has 0 fully saturated rings. The topological polar surface area (TPSA) is 117 Å². The fraction of sp³-hybridized carbons (Fsp3) is 0.0625. The van der Waals surface area contributed by atoms with Crippen LogP contribution in [0.5, 0.6) is 0 Å². The van der Waals surface area contributed by atoms with Crippen LogP contribution in [0.4, 0.5) is 11.4 Å². The lowest BCUT2D eigenvalue weighted by Crippen LogP contribution is -1.96. The highest BCUT2D eigenvalue weighted by molar-refractivity contribution is 5.71. The van der Waals surface area contributed by atoms with Gasteiger partial charge in [-0.05, 0) is 37.3 Å². The van der Waals surface area contributed by atoms with Crippen LogP contribution in [0, 0.1) is 27.2 Å². The summed E-state index contributed by atoms with van der Waals surface area (Å²) in [4.78, 5) is 21.0. The molecule has 3 aromatic rings. The lowest BCUT2D eigenvalue weighted by atomic mass is 10.2. The lowest BCUT2D eigenvalue weighted by molar-refractivity contribution is -0.386. The van der Waals surface area contributed by atoms with Gasteiger partial charge in [-0.2, -0.15) is 0 Å². The summed E-state index contributed by atoms with van der Waals surface area (Å²) in [5.41, 5.74) is 1.25. The second-order valence-electron chi connectivity index (χ2n) is 5.15. The Morgan fingerprint density at radius 3 is 2.64 bits per heavy atom. The van der Waals surface area contributed by atoms with Gasteiger partial charge in [0.15, 0.2) is 5.69 Å². The highest BCUT2D eigenvalue weighted by Crippen LogP contribution is 2.25. The summed E-state index contributed by atoms with van der Waals surface area (Å²) in [6.07, 6.45) is 4.80. The van der Waals surface area contributed by atoms with Crippen LogP contribution in [0.15, 0.2) is 47.1 Å². The number of benzene rings is 1. The van der Waals surface area contributed by atoms with E-state index in [-0.39, 0.29) is 22.8 Å². The molecule has 9 heteroatoms. The van der Waals surface area contributed by atoms with Gasteiger partial charge in [-0.3, -0.25) is 20.2 Å². The molecule has 9 nitrogen and oxygen atoms in total. The highest BCUT2D eigenvalue weighted by atomic mass is 16.6. The van der Waals surface area contributed by atoms with Crippen molar-refractivity contribution < 1.29 is 14.4 Å². The van der Waals surface area contributed by atoms with Gasteiger partial charge in [0.25, 0.3) is 5.69 Å². The molecule has 2 aromatic heterocycles. The molecule has 0 spiro atoms. The molecule has 0 unspecified atom stereocenters. The van der Waals surface area contributed by atoms with Crippen molar-refractivity contribution in [3.05, 3.63) is 80.0 Å². The number of nitrogens with zero attached hydrogens (tertiary/aromatic N) is 4. The van der Waals surface area contributed by atoms with Gasteiger partial charge in [-0.15, -0.1) is 0 Å². The number of hydrogen-bond donors (Lipinski definition) is 0. The lowest BCUT2D eigenvalue weighted by Gasteiger charge is -2.06. The number of nitro groups is 2. The minimum absolute atomic E-state index is 0.0253. The first-order valence-electron chi connectivity index (χ1n) is 7.18. The van der Waals surface area contributed by atoms with Gasteiger partial charge in [0.05, 0.1) is 15.5 Å². The smallest absolute Gasteiger partial charge is 0.338 e. The Kier molecular flexibility index (Phi) is 4.12. The Hall–Kier alpha value is -3.75. The number of nitro benzene ring substituents is 1. The molecule has 0 aliphatic heterocycles. The predicted octanol–water partition coefficient (Wildman–Crippen LogP) is 3.76. The van der Waals surface area contributed by atoms with Gasteiger partial charge in [0.2, 0.25) is 5.76 Å². The van der Waals surface area contributed by atoms with E-state index >= 15 is 0 Å². The quantitative estimate of drug-likeness (QED) is 0.515. The van der Waals surface area contributed by atoms with E-state index in [1.54, 1.807) is 41.1 Å². The average molecular weight is 340 g/mol. The molecule has 0 bridgehead atoms. The standard InChI is InChI=1S/C16H12N4O5/c1-11-16(20(23)24)15(25-17-11)8-7-12-6-3-9-18(12)13-4-2-5-14(10-13)19(21)22/h2-10H,1H3/b8-7+. The van der Waals surface area contributed by atoms with E-state index in [9.17, 15) is 20.2 Å². The summed E-state index contributed by atoms with van der Waals surface area (Å²) in [5.74, 6) is 0.0364. The summed E-state index contributed by atoms with van der Waals surface area (Å²) in [6, 6.07) is 9.70. The number of rotatable bonds is 5. The SMILES string of the molecule is Cc1noc(/C=C/c2cccn2-c2cccc([N+](=O)[O-])c2)c1[N+](=O)[O-]. The molecule has 1 aromatic carbocycles. The van der Waals surface area contributed by atoms with Crippen LogP contribution in [0.2, 0.25) is 0 Å². The molecule has 0 N–H and O–H groups in total. The normalized spacial score (nSPS) is 11.1. The highest BCUT2D eigenvalue weighted by Gasteiger charge is 2.22. The predicted molar refractivity (Wildman–Crippen MR) is 89.2 cm³/mol. The molecule has 0 radical (unpaired) electrons. The average Bonchev–Trinajstić information content (AvgIpc) is 3.19. The van der Waals surface area contributed by atoms with Gasteiger partial charge in [-0.25, -0.2) is 0 Å². The second-order valence-corrected chi connectivity index (χ2v) is 5.15. The first kappa shape index (κ1) is 16.1. The first-order valence-corrected chi connectivity index (χ1v) is 7.18. The van der Waals surface area contributed by atoms with Crippen molar-refractivity contribution in [1.29, 1.82) is 0 Å². The van der Waals surface area contributed by atoms with Crippen LogP contribution in [-0.2, 0) is 0 Å². The van der Waals surface area contributed by atoms with Crippen LogP contribution in [-0.4, -0.2) is 19.6 Å².